The Kier molecular flexibility index (Phi) is 7.58. The molecular formula is C13H25F3NO4P. The summed E-state index contributed by atoms with van der Waals surface area (Å²) in [6.07, 6.45) is -5.12. The van der Waals surface area contributed by atoms with E-state index in [9.17, 15) is 22.5 Å². The van der Waals surface area contributed by atoms with Gasteiger partial charge in [0.25, 0.3) is 7.52 Å². The maximum atomic E-state index is 12.6. The van der Waals surface area contributed by atoms with Crippen molar-refractivity contribution < 1.29 is 31.8 Å². The highest BCUT2D eigenvalue weighted by Gasteiger charge is 2.38. The van der Waals surface area contributed by atoms with Crippen molar-refractivity contribution in [1.82, 2.24) is 5.09 Å². The van der Waals surface area contributed by atoms with Crippen LogP contribution in [0.1, 0.15) is 41.5 Å². The molecule has 0 aromatic heterocycles. The molecule has 9 heteroatoms. The van der Waals surface area contributed by atoms with Crippen molar-refractivity contribution in [2.24, 2.45) is 5.41 Å². The fourth-order valence-corrected chi connectivity index (χ4v) is 4.17. The van der Waals surface area contributed by atoms with E-state index in [2.05, 4.69) is 9.61 Å². The molecule has 0 fully saturated rings. The van der Waals surface area contributed by atoms with E-state index in [0.717, 1.165) is 0 Å². The van der Waals surface area contributed by atoms with Crippen molar-refractivity contribution in [2.75, 3.05) is 12.8 Å². The minimum absolute atomic E-state index is 0.143. The number of hydrogen-bond donors (Lipinski definition) is 1. The lowest BCUT2D eigenvalue weighted by Crippen LogP contribution is -2.37. The van der Waals surface area contributed by atoms with Gasteiger partial charge in [-0.3, -0.25) is 9.36 Å². The maximum Gasteiger partial charge on any atom is 0.412 e. The number of esters is 1. The van der Waals surface area contributed by atoms with Crippen LogP contribution in [0.4, 0.5) is 13.2 Å². The Balaban J connectivity index is 5.00. The molecule has 1 unspecified atom stereocenters. The number of carbonyl (C=O) groups excluding carboxylic acids is 1. The van der Waals surface area contributed by atoms with Crippen molar-refractivity contribution in [3.63, 3.8) is 0 Å². The average molecular weight is 347 g/mol. The lowest BCUT2D eigenvalue weighted by molar-refractivity contribution is -0.154. The fraction of sp³-hybridized carbons (Fsp3) is 0.923. The topological polar surface area (TPSA) is 64.6 Å². The smallest absolute Gasteiger partial charge is 0.412 e. The van der Waals surface area contributed by atoms with E-state index >= 15 is 0 Å². The van der Waals surface area contributed by atoms with Crippen LogP contribution in [0.3, 0.4) is 0 Å². The minimum Gasteiger partial charge on any atom is -0.462 e. The molecule has 0 amide bonds. The average Bonchev–Trinajstić information content (AvgIpc) is 2.21. The molecule has 0 saturated heterocycles. The van der Waals surface area contributed by atoms with E-state index in [1.807, 2.05) is 0 Å². The summed E-state index contributed by atoms with van der Waals surface area (Å²) in [5.41, 5.74) is -0.546. The molecule has 0 saturated carbocycles. The van der Waals surface area contributed by atoms with E-state index in [1.165, 1.54) is 6.92 Å². The minimum atomic E-state index is -4.60. The van der Waals surface area contributed by atoms with Crippen molar-refractivity contribution >= 4 is 13.5 Å². The number of alkyl halides is 3. The standard InChI is InChI=1S/C13H25F3NO4P/c1-9(2)21-11(18)10(3)17-22(19,8-12(4,5)6)20-7-13(14,15)16/h9-10H,7-8H2,1-6H3,(H,17,19)/t10-,22?/m0/s1. The zero-order chi connectivity index (χ0) is 17.8. The Morgan fingerprint density at radius 1 is 1.18 bits per heavy atom. The summed E-state index contributed by atoms with van der Waals surface area (Å²) in [6, 6.07) is -1.04. The fourth-order valence-electron chi connectivity index (χ4n) is 1.61. The quantitative estimate of drug-likeness (QED) is 0.561. The Morgan fingerprint density at radius 3 is 2.05 bits per heavy atom. The van der Waals surface area contributed by atoms with Crippen LogP contribution in [-0.4, -0.2) is 37.1 Å². The lowest BCUT2D eigenvalue weighted by atomic mass is 10.0. The molecule has 0 radical (unpaired) electrons. The van der Waals surface area contributed by atoms with E-state index in [-0.39, 0.29) is 12.3 Å². The number of hydrogen-bond acceptors (Lipinski definition) is 4. The molecule has 22 heavy (non-hydrogen) atoms. The predicted octanol–water partition coefficient (Wildman–Crippen LogP) is 3.73. The first kappa shape index (κ1) is 21.4. The van der Waals surface area contributed by atoms with Gasteiger partial charge in [-0.1, -0.05) is 20.8 Å². The zero-order valence-electron chi connectivity index (χ0n) is 13.8. The molecule has 0 aromatic carbocycles. The van der Waals surface area contributed by atoms with Crippen molar-refractivity contribution in [3.8, 4) is 0 Å². The molecular weight excluding hydrogens is 322 g/mol. The van der Waals surface area contributed by atoms with E-state index in [1.54, 1.807) is 34.6 Å². The maximum absolute atomic E-state index is 12.6. The predicted molar refractivity (Wildman–Crippen MR) is 77.8 cm³/mol. The normalized spacial score (nSPS) is 17.2. The molecule has 0 aromatic rings. The molecule has 0 spiro atoms. The van der Waals surface area contributed by atoms with Crippen LogP contribution in [-0.2, 0) is 18.6 Å². The van der Waals surface area contributed by atoms with Crippen LogP contribution in [0, 0.1) is 5.41 Å². The molecule has 0 aliphatic heterocycles. The van der Waals surface area contributed by atoms with Crippen LogP contribution in [0.2, 0.25) is 0 Å². The van der Waals surface area contributed by atoms with E-state index < -0.39 is 37.7 Å². The van der Waals surface area contributed by atoms with Gasteiger partial charge in [0, 0.05) is 6.16 Å². The number of ether oxygens (including phenoxy) is 1. The highest BCUT2D eigenvalue weighted by Crippen LogP contribution is 2.48. The van der Waals surface area contributed by atoms with Gasteiger partial charge in [-0.15, -0.1) is 0 Å². The number of nitrogens with one attached hydrogen (secondary N) is 1. The molecule has 5 nitrogen and oxygen atoms in total. The summed E-state index contributed by atoms with van der Waals surface area (Å²) < 4.78 is 59.1. The molecule has 2 atom stereocenters. The largest absolute Gasteiger partial charge is 0.462 e. The monoisotopic (exact) mass is 347 g/mol. The highest BCUT2D eigenvalue weighted by molar-refractivity contribution is 7.57. The first-order valence-electron chi connectivity index (χ1n) is 6.92. The Bertz CT molecular complexity index is 418. The van der Waals surface area contributed by atoms with Crippen molar-refractivity contribution in [1.29, 1.82) is 0 Å². The van der Waals surface area contributed by atoms with Crippen LogP contribution >= 0.6 is 7.52 Å². The first-order chi connectivity index (χ1) is 9.64. The SMILES string of the molecule is CC(C)OC(=O)[C@H](C)NP(=O)(CC(C)(C)C)OCC(F)(F)F. The summed E-state index contributed by atoms with van der Waals surface area (Å²) >= 11 is 0. The van der Waals surface area contributed by atoms with Gasteiger partial charge in [-0.25, -0.2) is 5.09 Å². The van der Waals surface area contributed by atoms with Crippen LogP contribution < -0.4 is 5.09 Å². The van der Waals surface area contributed by atoms with Gasteiger partial charge in [0.15, 0.2) is 6.61 Å². The third kappa shape index (κ3) is 10.2. The highest BCUT2D eigenvalue weighted by atomic mass is 31.2. The second-order valence-electron chi connectivity index (χ2n) is 6.62. The van der Waals surface area contributed by atoms with Gasteiger partial charge < -0.3 is 9.26 Å². The third-order valence-electron chi connectivity index (χ3n) is 2.22. The molecule has 0 aliphatic rings. The van der Waals surface area contributed by atoms with Gasteiger partial charge in [0.05, 0.1) is 6.10 Å². The molecule has 132 valence electrons. The van der Waals surface area contributed by atoms with Crippen LogP contribution in [0.15, 0.2) is 0 Å². The Morgan fingerprint density at radius 2 is 1.68 bits per heavy atom. The van der Waals surface area contributed by atoms with Gasteiger partial charge in [-0.05, 0) is 26.2 Å². The summed E-state index contributed by atoms with van der Waals surface area (Å²) in [7, 11) is -3.86. The molecule has 1 N–H and O–H groups in total. The third-order valence-corrected chi connectivity index (χ3v) is 4.91. The summed E-state index contributed by atoms with van der Waals surface area (Å²) in [5.74, 6) is -0.695. The Labute approximate surface area is 129 Å². The van der Waals surface area contributed by atoms with Gasteiger partial charge >= 0.3 is 12.1 Å². The van der Waals surface area contributed by atoms with Gasteiger partial charge in [-0.2, -0.15) is 13.2 Å². The van der Waals surface area contributed by atoms with E-state index in [0.29, 0.717) is 0 Å². The Hall–Kier alpha value is -0.590. The van der Waals surface area contributed by atoms with Crippen molar-refractivity contribution in [3.05, 3.63) is 0 Å². The molecule has 0 heterocycles. The number of rotatable bonds is 7. The summed E-state index contributed by atoms with van der Waals surface area (Å²) in [6.45, 7) is 8.16. The van der Waals surface area contributed by atoms with Crippen LogP contribution in [0.5, 0.6) is 0 Å². The van der Waals surface area contributed by atoms with E-state index in [4.69, 9.17) is 4.74 Å². The zero-order valence-corrected chi connectivity index (χ0v) is 14.7. The lowest BCUT2D eigenvalue weighted by Gasteiger charge is -2.29. The summed E-state index contributed by atoms with van der Waals surface area (Å²) in [4.78, 5) is 11.7. The number of halogens is 3. The number of carbonyl (C=O) groups is 1. The molecule has 0 rings (SSSR count). The summed E-state index contributed by atoms with van der Waals surface area (Å²) in [5, 5.41) is 2.39. The van der Waals surface area contributed by atoms with Crippen molar-refractivity contribution in [2.45, 2.75) is 59.9 Å². The van der Waals surface area contributed by atoms with Crippen LogP contribution in [0.25, 0.3) is 0 Å². The second kappa shape index (κ2) is 7.79. The van der Waals surface area contributed by atoms with Gasteiger partial charge in [0.1, 0.15) is 6.04 Å². The second-order valence-corrected chi connectivity index (χ2v) is 8.80. The molecule has 0 aliphatic carbocycles. The first-order valence-corrected chi connectivity index (χ1v) is 8.73. The molecule has 0 bridgehead atoms. The van der Waals surface area contributed by atoms with Gasteiger partial charge in [0.2, 0.25) is 0 Å².